The summed E-state index contributed by atoms with van der Waals surface area (Å²) >= 11 is 0. The lowest BCUT2D eigenvalue weighted by atomic mass is 10.0. The van der Waals surface area contributed by atoms with Gasteiger partial charge in [-0.1, -0.05) is 66.2 Å². The van der Waals surface area contributed by atoms with Crippen LogP contribution in [-0.2, 0) is 27.3 Å². The molecule has 3 rings (SSSR count). The highest BCUT2D eigenvalue weighted by Gasteiger charge is 2.30. The molecule has 5 heteroatoms. The zero-order valence-electron chi connectivity index (χ0n) is 17.8. The van der Waals surface area contributed by atoms with E-state index in [4.69, 9.17) is 4.74 Å². The summed E-state index contributed by atoms with van der Waals surface area (Å²) < 4.78 is 5.05. The molecule has 0 unspecified atom stereocenters. The van der Waals surface area contributed by atoms with Crippen molar-refractivity contribution in [3.8, 4) is 0 Å². The Bertz CT molecular complexity index is 1020. The van der Waals surface area contributed by atoms with E-state index in [1.807, 2.05) is 79.7 Å². The second-order valence-electron chi connectivity index (χ2n) is 7.26. The monoisotopic (exact) mass is 414 g/mol. The van der Waals surface area contributed by atoms with Crippen molar-refractivity contribution in [1.82, 2.24) is 9.88 Å². The molecule has 2 aromatic carbocycles. The van der Waals surface area contributed by atoms with Gasteiger partial charge in [-0.3, -0.25) is 9.78 Å². The van der Waals surface area contributed by atoms with Gasteiger partial charge in [0.1, 0.15) is 6.04 Å². The average Bonchev–Trinajstić information content (AvgIpc) is 2.81. The molecule has 5 nitrogen and oxygen atoms in total. The maximum absolute atomic E-state index is 13.2. The van der Waals surface area contributed by atoms with Crippen molar-refractivity contribution < 1.29 is 14.3 Å². The molecule has 3 aromatic rings. The van der Waals surface area contributed by atoms with Crippen LogP contribution in [0.5, 0.6) is 0 Å². The molecular weight excluding hydrogens is 388 g/mol. The number of ether oxygens (including phenoxy) is 1. The Labute approximate surface area is 183 Å². The van der Waals surface area contributed by atoms with Gasteiger partial charge in [0, 0.05) is 18.7 Å². The van der Waals surface area contributed by atoms with Crippen molar-refractivity contribution in [2.45, 2.75) is 25.9 Å². The average molecular weight is 415 g/mol. The van der Waals surface area contributed by atoms with Crippen molar-refractivity contribution in [3.63, 3.8) is 0 Å². The largest absolute Gasteiger partial charge is 0.467 e. The Morgan fingerprint density at radius 3 is 2.35 bits per heavy atom. The number of hydrogen-bond donors (Lipinski definition) is 0. The van der Waals surface area contributed by atoms with E-state index in [0.717, 1.165) is 16.7 Å². The zero-order valence-corrected chi connectivity index (χ0v) is 17.8. The molecule has 1 amide bonds. The summed E-state index contributed by atoms with van der Waals surface area (Å²) in [6.07, 6.45) is 5.27. The van der Waals surface area contributed by atoms with Gasteiger partial charge in [-0.15, -0.1) is 0 Å². The molecule has 0 fully saturated rings. The van der Waals surface area contributed by atoms with Gasteiger partial charge < -0.3 is 9.64 Å². The van der Waals surface area contributed by atoms with Crippen LogP contribution >= 0.6 is 0 Å². The summed E-state index contributed by atoms with van der Waals surface area (Å²) in [5.41, 5.74) is 3.70. The third-order valence-corrected chi connectivity index (χ3v) is 4.96. The minimum Gasteiger partial charge on any atom is -0.467 e. The van der Waals surface area contributed by atoms with Crippen LogP contribution in [0, 0.1) is 6.92 Å². The van der Waals surface area contributed by atoms with Crippen molar-refractivity contribution in [3.05, 3.63) is 107 Å². The minimum absolute atomic E-state index is 0.199. The van der Waals surface area contributed by atoms with E-state index < -0.39 is 12.0 Å². The first-order valence-corrected chi connectivity index (χ1v) is 10.1. The summed E-state index contributed by atoms with van der Waals surface area (Å²) in [6, 6.07) is 22.2. The van der Waals surface area contributed by atoms with E-state index >= 15 is 0 Å². The van der Waals surface area contributed by atoms with Gasteiger partial charge in [0.2, 0.25) is 5.91 Å². The van der Waals surface area contributed by atoms with E-state index in [1.54, 1.807) is 12.3 Å². The molecule has 0 aliphatic rings. The van der Waals surface area contributed by atoms with Crippen molar-refractivity contribution >= 4 is 18.0 Å². The molecule has 0 saturated carbocycles. The highest BCUT2D eigenvalue weighted by atomic mass is 16.5. The molecule has 1 aromatic heterocycles. The Hall–Kier alpha value is -3.73. The number of aromatic nitrogens is 1. The van der Waals surface area contributed by atoms with Crippen LogP contribution in [0.4, 0.5) is 0 Å². The van der Waals surface area contributed by atoms with Gasteiger partial charge in [-0.05, 0) is 36.3 Å². The number of rotatable bonds is 8. The summed E-state index contributed by atoms with van der Waals surface area (Å²) in [7, 11) is 1.34. The van der Waals surface area contributed by atoms with E-state index in [-0.39, 0.29) is 12.5 Å². The zero-order chi connectivity index (χ0) is 22.1. The minimum atomic E-state index is -0.774. The highest BCUT2D eigenvalue weighted by Crippen LogP contribution is 2.16. The highest BCUT2D eigenvalue weighted by molar-refractivity contribution is 5.94. The standard InChI is InChI=1S/C26H26N2O3/c1-20-11-13-21(14-12-20)15-16-25(29)28(19-23-10-6-7-17-27-23)24(26(30)31-2)18-22-8-4-3-5-9-22/h3-17,24H,18-19H2,1-2H3/t24-/m0/s1. The van der Waals surface area contributed by atoms with Crippen molar-refractivity contribution in [1.29, 1.82) is 0 Å². The number of carbonyl (C=O) groups is 2. The molecule has 0 saturated heterocycles. The number of nitrogens with zero attached hydrogens (tertiary/aromatic N) is 2. The Balaban J connectivity index is 1.91. The lowest BCUT2D eigenvalue weighted by Gasteiger charge is -2.29. The first-order valence-electron chi connectivity index (χ1n) is 10.1. The first kappa shape index (κ1) is 22.0. The van der Waals surface area contributed by atoms with E-state index in [2.05, 4.69) is 4.98 Å². The van der Waals surface area contributed by atoms with Gasteiger partial charge in [-0.25, -0.2) is 4.79 Å². The topological polar surface area (TPSA) is 59.5 Å². The number of methoxy groups -OCH3 is 1. The first-order chi connectivity index (χ1) is 15.1. The smallest absolute Gasteiger partial charge is 0.328 e. The van der Waals surface area contributed by atoms with Crippen molar-refractivity contribution in [2.24, 2.45) is 0 Å². The molecule has 0 aliphatic heterocycles. The number of amides is 1. The number of pyridine rings is 1. The quantitative estimate of drug-likeness (QED) is 0.409. The molecule has 1 heterocycles. The van der Waals surface area contributed by atoms with Gasteiger partial charge in [0.25, 0.3) is 0 Å². The Morgan fingerprint density at radius 2 is 1.71 bits per heavy atom. The Morgan fingerprint density at radius 1 is 1.00 bits per heavy atom. The van der Waals surface area contributed by atoms with Crippen LogP contribution in [-0.4, -0.2) is 34.9 Å². The number of carbonyl (C=O) groups excluding carboxylic acids is 2. The van der Waals surface area contributed by atoms with Crippen LogP contribution < -0.4 is 0 Å². The molecular formula is C26H26N2O3. The van der Waals surface area contributed by atoms with Crippen molar-refractivity contribution in [2.75, 3.05) is 7.11 Å². The van der Waals surface area contributed by atoms with Gasteiger partial charge >= 0.3 is 5.97 Å². The number of aryl methyl sites for hydroxylation is 1. The second-order valence-corrected chi connectivity index (χ2v) is 7.26. The predicted octanol–water partition coefficient (Wildman–Crippen LogP) is 4.22. The number of esters is 1. The SMILES string of the molecule is COC(=O)[C@H](Cc1ccccc1)N(Cc1ccccn1)C(=O)C=Cc1ccc(C)cc1. The summed E-state index contributed by atoms with van der Waals surface area (Å²) in [6.45, 7) is 2.21. The molecule has 158 valence electrons. The maximum Gasteiger partial charge on any atom is 0.328 e. The molecule has 0 spiro atoms. The van der Waals surface area contributed by atoms with E-state index in [9.17, 15) is 9.59 Å². The second kappa shape index (κ2) is 10.9. The van der Waals surface area contributed by atoms with Gasteiger partial charge in [0.15, 0.2) is 0 Å². The molecule has 31 heavy (non-hydrogen) atoms. The fraction of sp³-hybridized carbons (Fsp3) is 0.192. The van der Waals surface area contributed by atoms with E-state index in [0.29, 0.717) is 12.1 Å². The maximum atomic E-state index is 13.2. The predicted molar refractivity (Wildman–Crippen MR) is 121 cm³/mol. The van der Waals surface area contributed by atoms with Crippen LogP contribution in [0.1, 0.15) is 22.4 Å². The summed E-state index contributed by atoms with van der Waals surface area (Å²) in [5, 5.41) is 0. The fourth-order valence-electron chi connectivity index (χ4n) is 3.24. The van der Waals surface area contributed by atoms with Crippen LogP contribution in [0.3, 0.4) is 0 Å². The summed E-state index contributed by atoms with van der Waals surface area (Å²) in [5.74, 6) is -0.741. The summed E-state index contributed by atoms with van der Waals surface area (Å²) in [4.78, 5) is 31.8. The normalized spacial score (nSPS) is 11.8. The molecule has 0 radical (unpaired) electrons. The third kappa shape index (κ3) is 6.37. The lowest BCUT2D eigenvalue weighted by molar-refractivity contribution is -0.151. The molecule has 0 N–H and O–H groups in total. The molecule has 0 bridgehead atoms. The van der Waals surface area contributed by atoms with Gasteiger partial charge in [-0.2, -0.15) is 0 Å². The molecule has 0 aliphatic carbocycles. The van der Waals surface area contributed by atoms with Crippen LogP contribution in [0.2, 0.25) is 0 Å². The number of benzene rings is 2. The molecule has 1 atom stereocenters. The van der Waals surface area contributed by atoms with Crippen LogP contribution in [0.25, 0.3) is 6.08 Å². The van der Waals surface area contributed by atoms with E-state index in [1.165, 1.54) is 18.1 Å². The number of hydrogen-bond acceptors (Lipinski definition) is 4. The Kier molecular flexibility index (Phi) is 7.71. The third-order valence-electron chi connectivity index (χ3n) is 4.96. The fourth-order valence-corrected chi connectivity index (χ4v) is 3.24. The lowest BCUT2D eigenvalue weighted by Crippen LogP contribution is -2.46. The van der Waals surface area contributed by atoms with Gasteiger partial charge in [0.05, 0.1) is 19.3 Å². The van der Waals surface area contributed by atoms with Crippen LogP contribution in [0.15, 0.2) is 85.1 Å².